The number of carboxylic acids is 1. The van der Waals surface area contributed by atoms with Gasteiger partial charge in [-0.2, -0.15) is 9.97 Å². The zero-order valence-electron chi connectivity index (χ0n) is 14.6. The van der Waals surface area contributed by atoms with E-state index in [0.29, 0.717) is 35.2 Å². The molecule has 0 aliphatic carbocycles. The van der Waals surface area contributed by atoms with Crippen molar-refractivity contribution in [3.63, 3.8) is 0 Å². The minimum Gasteiger partial charge on any atom is -0.478 e. The van der Waals surface area contributed by atoms with E-state index in [1.54, 1.807) is 17.7 Å². The van der Waals surface area contributed by atoms with Gasteiger partial charge in [0, 0.05) is 18.8 Å². The molecule has 0 spiro atoms. The van der Waals surface area contributed by atoms with Crippen LogP contribution >= 0.6 is 11.6 Å². The van der Waals surface area contributed by atoms with Crippen LogP contribution in [0.2, 0.25) is 5.02 Å². The number of benzene rings is 1. The second kappa shape index (κ2) is 7.72. The van der Waals surface area contributed by atoms with Crippen LogP contribution in [0.25, 0.3) is 11.2 Å². The maximum atomic E-state index is 11.1. The Labute approximate surface area is 159 Å². The Balaban J connectivity index is 2.00. The average molecular weight is 392 g/mol. The molecule has 1 aromatic carbocycles. The van der Waals surface area contributed by atoms with E-state index in [2.05, 4.69) is 30.9 Å². The van der Waals surface area contributed by atoms with Crippen molar-refractivity contribution in [2.75, 3.05) is 17.2 Å². The number of rotatable bonds is 7. The van der Waals surface area contributed by atoms with Crippen molar-refractivity contribution in [2.45, 2.75) is 26.5 Å². The van der Waals surface area contributed by atoms with Gasteiger partial charge < -0.3 is 20.8 Å². The molecule has 0 aliphatic rings. The first kappa shape index (κ1) is 18.8. The van der Waals surface area contributed by atoms with Crippen LogP contribution in [0.15, 0.2) is 18.2 Å². The Bertz CT molecular complexity index is 990. The highest BCUT2D eigenvalue weighted by Crippen LogP contribution is 2.27. The van der Waals surface area contributed by atoms with Gasteiger partial charge in [0.15, 0.2) is 17.0 Å². The highest BCUT2D eigenvalue weighted by Gasteiger charge is 2.16. The molecule has 1 unspecified atom stereocenters. The molecule has 0 fully saturated rings. The lowest BCUT2D eigenvalue weighted by molar-refractivity contribution is 0.0697. The van der Waals surface area contributed by atoms with Gasteiger partial charge in [0.25, 0.3) is 0 Å². The van der Waals surface area contributed by atoms with Crippen LogP contribution < -0.4 is 10.6 Å². The number of aliphatic hydroxyl groups is 1. The van der Waals surface area contributed by atoms with Crippen LogP contribution in [0.5, 0.6) is 0 Å². The van der Waals surface area contributed by atoms with Gasteiger partial charge in [-0.25, -0.2) is 9.48 Å². The quantitative estimate of drug-likeness (QED) is 0.477. The number of fused-ring (bicyclic) bond motifs is 1. The highest BCUT2D eigenvalue weighted by atomic mass is 35.5. The van der Waals surface area contributed by atoms with E-state index >= 15 is 0 Å². The van der Waals surface area contributed by atoms with E-state index in [9.17, 15) is 9.90 Å². The van der Waals surface area contributed by atoms with Gasteiger partial charge in [-0.3, -0.25) is 0 Å². The zero-order valence-corrected chi connectivity index (χ0v) is 15.4. The van der Waals surface area contributed by atoms with Crippen LogP contribution in [0.3, 0.4) is 0 Å². The minimum atomic E-state index is -1.11. The molecule has 4 N–H and O–H groups in total. The van der Waals surface area contributed by atoms with E-state index < -0.39 is 12.1 Å². The van der Waals surface area contributed by atoms with Gasteiger partial charge >= 0.3 is 5.97 Å². The largest absolute Gasteiger partial charge is 0.478 e. The molecular weight excluding hydrogens is 374 g/mol. The zero-order chi connectivity index (χ0) is 19.6. The Morgan fingerprint density at radius 2 is 2.15 bits per heavy atom. The van der Waals surface area contributed by atoms with Crippen LogP contribution in [-0.4, -0.2) is 53.8 Å². The number of carbonyl (C=O) groups is 1. The van der Waals surface area contributed by atoms with Gasteiger partial charge in [0.2, 0.25) is 5.95 Å². The minimum absolute atomic E-state index is 0.00580. The lowest BCUT2D eigenvalue weighted by Crippen LogP contribution is -2.17. The van der Waals surface area contributed by atoms with Crippen molar-refractivity contribution in [3.05, 3.63) is 28.8 Å². The second-order valence-corrected chi connectivity index (χ2v) is 6.24. The third kappa shape index (κ3) is 4.07. The fraction of sp³-hybridized carbons (Fsp3) is 0.312. The summed E-state index contributed by atoms with van der Waals surface area (Å²) in [5.41, 5.74) is 1.53. The molecular formula is C16H18ClN7O3. The summed E-state index contributed by atoms with van der Waals surface area (Å²) in [6.07, 6.45) is -0.572. The molecule has 1 atom stereocenters. The molecule has 10 nitrogen and oxygen atoms in total. The van der Waals surface area contributed by atoms with Crippen molar-refractivity contribution in [1.29, 1.82) is 0 Å². The van der Waals surface area contributed by atoms with Gasteiger partial charge in [-0.1, -0.05) is 16.8 Å². The van der Waals surface area contributed by atoms with Crippen molar-refractivity contribution in [2.24, 2.45) is 0 Å². The summed E-state index contributed by atoms with van der Waals surface area (Å²) in [4.78, 5) is 19.9. The number of carboxylic acid groups (broad SMARTS) is 1. The summed E-state index contributed by atoms with van der Waals surface area (Å²) >= 11 is 6.03. The standard InChI is InChI=1S/C16H18ClN7O3/c1-3-24-14-12(22-23-24)13(20-16(21-14)18-7-8(2)25)19-9-4-5-10(15(26)27)11(17)6-9/h4-6,8,25H,3,7H2,1-2H3,(H,26,27)(H2,18,19,20,21). The predicted octanol–water partition coefficient (Wildman–Crippen LogP) is 2.13. The molecule has 0 bridgehead atoms. The first-order valence-corrected chi connectivity index (χ1v) is 8.60. The molecule has 0 saturated heterocycles. The van der Waals surface area contributed by atoms with Crippen molar-refractivity contribution in [3.8, 4) is 0 Å². The molecule has 2 aromatic heterocycles. The fourth-order valence-corrected chi connectivity index (χ4v) is 2.64. The van der Waals surface area contributed by atoms with Crippen molar-refractivity contribution < 1.29 is 15.0 Å². The SMILES string of the molecule is CCn1nnc2c(Nc3ccc(C(=O)O)c(Cl)c3)nc(NCC(C)O)nc21. The van der Waals surface area contributed by atoms with Crippen LogP contribution in [0.1, 0.15) is 24.2 Å². The molecule has 27 heavy (non-hydrogen) atoms. The summed E-state index contributed by atoms with van der Waals surface area (Å²) in [7, 11) is 0. The Morgan fingerprint density at radius 1 is 1.37 bits per heavy atom. The number of nitrogens with one attached hydrogen (secondary N) is 2. The number of hydrogen-bond donors (Lipinski definition) is 4. The average Bonchev–Trinajstić information content (AvgIpc) is 3.03. The highest BCUT2D eigenvalue weighted by molar-refractivity contribution is 6.33. The molecule has 11 heteroatoms. The molecule has 142 valence electrons. The predicted molar refractivity (Wildman–Crippen MR) is 101 cm³/mol. The molecule has 0 aliphatic heterocycles. The van der Waals surface area contributed by atoms with E-state index in [-0.39, 0.29) is 17.1 Å². The first-order valence-electron chi connectivity index (χ1n) is 8.22. The lowest BCUT2D eigenvalue weighted by Gasteiger charge is -2.11. The fourth-order valence-electron chi connectivity index (χ4n) is 2.38. The van der Waals surface area contributed by atoms with E-state index in [1.165, 1.54) is 12.1 Å². The van der Waals surface area contributed by atoms with Crippen molar-refractivity contribution >= 4 is 46.2 Å². The van der Waals surface area contributed by atoms with Gasteiger partial charge in [-0.05, 0) is 32.0 Å². The maximum Gasteiger partial charge on any atom is 0.337 e. The molecule has 0 saturated carbocycles. The summed E-state index contributed by atoms with van der Waals surface area (Å²) in [6.45, 7) is 4.41. The summed E-state index contributed by atoms with van der Waals surface area (Å²) < 4.78 is 1.62. The smallest absolute Gasteiger partial charge is 0.337 e. The summed E-state index contributed by atoms with van der Waals surface area (Å²) in [5, 5.41) is 32.8. The van der Waals surface area contributed by atoms with E-state index in [4.69, 9.17) is 16.7 Å². The van der Waals surface area contributed by atoms with Crippen LogP contribution in [0.4, 0.5) is 17.5 Å². The monoisotopic (exact) mass is 391 g/mol. The van der Waals surface area contributed by atoms with Gasteiger partial charge in [0.1, 0.15) is 0 Å². The van der Waals surface area contributed by atoms with Crippen molar-refractivity contribution in [1.82, 2.24) is 25.0 Å². The number of hydrogen-bond acceptors (Lipinski definition) is 8. The number of anilines is 3. The summed E-state index contributed by atoms with van der Waals surface area (Å²) in [5.74, 6) is -0.422. The van der Waals surface area contributed by atoms with Gasteiger partial charge in [0.05, 0.1) is 16.7 Å². The number of aryl methyl sites for hydroxylation is 1. The third-order valence-electron chi connectivity index (χ3n) is 3.68. The normalized spacial score (nSPS) is 12.1. The Kier molecular flexibility index (Phi) is 5.38. The van der Waals surface area contributed by atoms with E-state index in [1.807, 2.05) is 6.92 Å². The number of halogens is 1. The molecule has 3 aromatic rings. The van der Waals surface area contributed by atoms with E-state index in [0.717, 1.165) is 0 Å². The number of aromatic nitrogens is 5. The number of aliphatic hydroxyl groups excluding tert-OH is 1. The van der Waals surface area contributed by atoms with Gasteiger partial charge in [-0.15, -0.1) is 5.10 Å². The molecule has 3 rings (SSSR count). The maximum absolute atomic E-state index is 11.1. The Morgan fingerprint density at radius 3 is 2.78 bits per heavy atom. The van der Waals surface area contributed by atoms with Crippen LogP contribution in [-0.2, 0) is 6.54 Å². The number of nitrogens with zero attached hydrogens (tertiary/aromatic N) is 5. The molecule has 2 heterocycles. The summed E-state index contributed by atoms with van der Waals surface area (Å²) in [6, 6.07) is 4.48. The lowest BCUT2D eigenvalue weighted by atomic mass is 10.2. The Hall–Kier alpha value is -2.98. The number of aromatic carboxylic acids is 1. The second-order valence-electron chi connectivity index (χ2n) is 5.83. The third-order valence-corrected chi connectivity index (χ3v) is 3.99. The topological polar surface area (TPSA) is 138 Å². The molecule has 0 amide bonds. The molecule has 0 radical (unpaired) electrons. The first-order chi connectivity index (χ1) is 12.9. The van der Waals surface area contributed by atoms with Crippen LogP contribution in [0, 0.1) is 0 Å².